The molecule has 0 bridgehead atoms. The van der Waals surface area contributed by atoms with E-state index in [4.69, 9.17) is 4.74 Å². The molecule has 0 atom stereocenters. The van der Waals surface area contributed by atoms with Crippen molar-refractivity contribution in [2.75, 3.05) is 16.6 Å². The Bertz CT molecular complexity index is 896. The van der Waals surface area contributed by atoms with Crippen LogP contribution in [-0.4, -0.2) is 20.9 Å². The lowest BCUT2D eigenvalue weighted by Crippen LogP contribution is -2.26. The lowest BCUT2D eigenvalue weighted by molar-refractivity contribution is -0.118. The van der Waals surface area contributed by atoms with Crippen molar-refractivity contribution < 1.29 is 22.3 Å². The van der Waals surface area contributed by atoms with Gasteiger partial charge in [-0.3, -0.25) is 9.52 Å². The van der Waals surface area contributed by atoms with E-state index >= 15 is 0 Å². The third kappa shape index (κ3) is 2.98. The van der Waals surface area contributed by atoms with Crippen LogP contribution in [0.2, 0.25) is 0 Å². The monoisotopic (exact) mass is 336 g/mol. The molecule has 120 valence electrons. The maximum Gasteiger partial charge on any atom is 0.262 e. The van der Waals surface area contributed by atoms with Crippen LogP contribution in [-0.2, 0) is 14.8 Å². The maximum absolute atomic E-state index is 13.3. The molecule has 0 radical (unpaired) electrons. The fourth-order valence-electron chi connectivity index (χ4n) is 2.17. The Morgan fingerprint density at radius 3 is 2.78 bits per heavy atom. The fourth-order valence-corrected chi connectivity index (χ4v) is 3.33. The number of hydrogen-bond donors (Lipinski definition) is 2. The minimum atomic E-state index is -3.93. The molecule has 1 amide bonds. The van der Waals surface area contributed by atoms with Crippen molar-refractivity contribution in [1.82, 2.24) is 0 Å². The molecular formula is C15H13FN2O4S. The summed E-state index contributed by atoms with van der Waals surface area (Å²) in [6.07, 6.45) is 0. The Morgan fingerprint density at radius 1 is 1.26 bits per heavy atom. The number of anilines is 2. The van der Waals surface area contributed by atoms with Crippen LogP contribution in [0.25, 0.3) is 0 Å². The predicted molar refractivity (Wildman–Crippen MR) is 82.5 cm³/mol. The van der Waals surface area contributed by atoms with Gasteiger partial charge >= 0.3 is 0 Å². The number of rotatable bonds is 3. The van der Waals surface area contributed by atoms with Crippen LogP contribution < -0.4 is 14.8 Å². The summed E-state index contributed by atoms with van der Waals surface area (Å²) in [5, 5.41) is 2.57. The second-order valence-corrected chi connectivity index (χ2v) is 6.71. The Morgan fingerprint density at radius 2 is 2.04 bits per heavy atom. The number of sulfonamides is 1. The first kappa shape index (κ1) is 15.3. The van der Waals surface area contributed by atoms with Crippen molar-refractivity contribution in [2.24, 2.45) is 0 Å². The van der Waals surface area contributed by atoms with E-state index in [9.17, 15) is 17.6 Å². The Labute approximate surface area is 132 Å². The van der Waals surface area contributed by atoms with E-state index in [1.54, 1.807) is 12.1 Å². The molecule has 1 heterocycles. The van der Waals surface area contributed by atoms with Gasteiger partial charge < -0.3 is 10.1 Å². The summed E-state index contributed by atoms with van der Waals surface area (Å²) in [6, 6.07) is 8.23. The first-order chi connectivity index (χ1) is 10.9. The number of halogens is 1. The van der Waals surface area contributed by atoms with Crippen molar-refractivity contribution >= 4 is 27.3 Å². The van der Waals surface area contributed by atoms with Gasteiger partial charge in [0.05, 0.1) is 10.6 Å². The average Bonchev–Trinajstić information content (AvgIpc) is 2.50. The normalized spacial score (nSPS) is 13.7. The molecular weight excluding hydrogens is 323 g/mol. The molecule has 0 saturated carbocycles. The molecule has 8 heteroatoms. The van der Waals surface area contributed by atoms with E-state index in [0.717, 1.165) is 6.07 Å². The highest BCUT2D eigenvalue weighted by molar-refractivity contribution is 7.92. The first-order valence-electron chi connectivity index (χ1n) is 6.71. The summed E-state index contributed by atoms with van der Waals surface area (Å²) < 4.78 is 45.8. The van der Waals surface area contributed by atoms with Crippen molar-refractivity contribution in [1.29, 1.82) is 0 Å². The van der Waals surface area contributed by atoms with Crippen molar-refractivity contribution in [3.63, 3.8) is 0 Å². The van der Waals surface area contributed by atoms with Gasteiger partial charge in [0.1, 0.15) is 17.3 Å². The van der Waals surface area contributed by atoms with Crippen LogP contribution in [0.1, 0.15) is 5.56 Å². The fraction of sp³-hybridized carbons (Fsp3) is 0.133. The summed E-state index contributed by atoms with van der Waals surface area (Å²) >= 11 is 0. The maximum atomic E-state index is 13.3. The molecule has 2 aromatic carbocycles. The summed E-state index contributed by atoms with van der Waals surface area (Å²) in [5.74, 6) is -0.483. The molecule has 0 unspecified atom stereocenters. The van der Waals surface area contributed by atoms with Crippen molar-refractivity contribution in [3.05, 3.63) is 47.8 Å². The third-order valence-corrected chi connectivity index (χ3v) is 4.70. The van der Waals surface area contributed by atoms with Crippen LogP contribution in [0.3, 0.4) is 0 Å². The van der Waals surface area contributed by atoms with E-state index in [1.807, 2.05) is 0 Å². The van der Waals surface area contributed by atoms with E-state index in [2.05, 4.69) is 10.0 Å². The van der Waals surface area contributed by atoms with Crippen LogP contribution in [0.5, 0.6) is 5.75 Å². The second-order valence-electron chi connectivity index (χ2n) is 5.03. The summed E-state index contributed by atoms with van der Waals surface area (Å²) in [4.78, 5) is 11.4. The molecule has 0 aromatic heterocycles. The zero-order valence-corrected chi connectivity index (χ0v) is 12.9. The molecule has 1 aliphatic rings. The average molecular weight is 336 g/mol. The molecule has 0 spiro atoms. The van der Waals surface area contributed by atoms with Gasteiger partial charge in [0.2, 0.25) is 0 Å². The van der Waals surface area contributed by atoms with Gasteiger partial charge in [0, 0.05) is 0 Å². The largest absolute Gasteiger partial charge is 0.481 e. The van der Waals surface area contributed by atoms with Crippen LogP contribution >= 0.6 is 0 Å². The number of para-hydroxylation sites is 1. The van der Waals surface area contributed by atoms with E-state index in [0.29, 0.717) is 5.75 Å². The van der Waals surface area contributed by atoms with E-state index < -0.39 is 15.8 Å². The third-order valence-electron chi connectivity index (χ3n) is 3.33. The molecule has 1 aliphatic heterocycles. The van der Waals surface area contributed by atoms with Gasteiger partial charge in [-0.1, -0.05) is 6.07 Å². The highest BCUT2D eigenvalue weighted by atomic mass is 32.2. The van der Waals surface area contributed by atoms with Gasteiger partial charge in [0.15, 0.2) is 6.61 Å². The van der Waals surface area contributed by atoms with Crippen molar-refractivity contribution in [2.45, 2.75) is 11.8 Å². The van der Waals surface area contributed by atoms with Gasteiger partial charge in [0.25, 0.3) is 15.9 Å². The van der Waals surface area contributed by atoms with Crippen LogP contribution in [0.4, 0.5) is 15.8 Å². The number of carbonyl (C=O) groups excluding carboxylic acids is 1. The molecule has 2 aromatic rings. The molecule has 2 N–H and O–H groups in total. The lowest BCUT2D eigenvalue weighted by atomic mass is 10.2. The SMILES string of the molecule is Cc1cc(S(=O)(=O)Nc2cccc3c2NC(=O)CO3)ccc1F. The molecule has 3 rings (SSSR count). The molecule has 23 heavy (non-hydrogen) atoms. The molecule has 6 nitrogen and oxygen atoms in total. The van der Waals surface area contributed by atoms with Crippen molar-refractivity contribution in [3.8, 4) is 5.75 Å². The number of benzene rings is 2. The Kier molecular flexibility index (Phi) is 3.69. The van der Waals surface area contributed by atoms with Gasteiger partial charge in [-0.15, -0.1) is 0 Å². The minimum absolute atomic E-state index is 0.0722. The van der Waals surface area contributed by atoms with Crippen LogP contribution in [0.15, 0.2) is 41.3 Å². The summed E-state index contributed by atoms with van der Waals surface area (Å²) in [5.41, 5.74) is 0.656. The zero-order chi connectivity index (χ0) is 16.6. The second kappa shape index (κ2) is 5.54. The predicted octanol–water partition coefficient (Wildman–Crippen LogP) is 2.27. The Balaban J connectivity index is 1.98. The number of carbonyl (C=O) groups is 1. The number of hydrogen-bond acceptors (Lipinski definition) is 4. The first-order valence-corrected chi connectivity index (χ1v) is 8.20. The summed E-state index contributed by atoms with van der Waals surface area (Å²) in [7, 11) is -3.93. The highest BCUT2D eigenvalue weighted by Crippen LogP contribution is 2.35. The number of nitrogens with one attached hydrogen (secondary N) is 2. The molecule has 0 aliphatic carbocycles. The van der Waals surface area contributed by atoms with Crippen LogP contribution in [0, 0.1) is 12.7 Å². The number of amides is 1. The quantitative estimate of drug-likeness (QED) is 0.900. The lowest BCUT2D eigenvalue weighted by Gasteiger charge is -2.21. The standard InChI is InChI=1S/C15H13FN2O4S/c1-9-7-10(5-6-11(9)16)23(20,21)18-12-3-2-4-13-15(12)17-14(19)8-22-13/h2-7,18H,8H2,1H3,(H,17,19). The van der Waals surface area contributed by atoms with Gasteiger partial charge in [-0.2, -0.15) is 0 Å². The smallest absolute Gasteiger partial charge is 0.262 e. The summed E-state index contributed by atoms with van der Waals surface area (Å²) in [6.45, 7) is 1.35. The highest BCUT2D eigenvalue weighted by Gasteiger charge is 2.22. The van der Waals surface area contributed by atoms with Gasteiger partial charge in [-0.05, 0) is 42.8 Å². The van der Waals surface area contributed by atoms with E-state index in [1.165, 1.54) is 25.1 Å². The number of ether oxygens (including phenoxy) is 1. The minimum Gasteiger partial charge on any atom is -0.481 e. The Hall–Kier alpha value is -2.61. The topological polar surface area (TPSA) is 84.5 Å². The zero-order valence-electron chi connectivity index (χ0n) is 12.1. The number of fused-ring (bicyclic) bond motifs is 1. The van der Waals surface area contributed by atoms with E-state index in [-0.39, 0.29) is 34.3 Å². The number of aryl methyl sites for hydroxylation is 1. The molecule has 0 fully saturated rings. The molecule has 0 saturated heterocycles. The van der Waals surface area contributed by atoms with Gasteiger partial charge in [-0.25, -0.2) is 12.8 Å².